The van der Waals surface area contributed by atoms with Gasteiger partial charge >= 0.3 is 7.42 Å². The Hall–Kier alpha value is 0.537. The van der Waals surface area contributed by atoms with Gasteiger partial charge in [0.1, 0.15) is 0 Å². The van der Waals surface area contributed by atoms with Gasteiger partial charge in [0.25, 0.3) is 0 Å². The first kappa shape index (κ1) is 9.11. The molecule has 3 rings (SSSR count). The number of halogens is 1. The molecule has 0 aromatic rings. The Morgan fingerprint density at radius 1 is 0.917 bits per heavy atom. The van der Waals surface area contributed by atoms with Crippen LogP contribution in [0.1, 0.15) is 0 Å². The molecule has 3 fully saturated rings. The first-order valence-corrected chi connectivity index (χ1v) is 8.10. The largest absolute Gasteiger partial charge is 0.580 e. The minimum atomic E-state index is -2.40. The van der Waals surface area contributed by atoms with Crippen molar-refractivity contribution in [3.8, 4) is 0 Å². The van der Waals surface area contributed by atoms with E-state index in [0.717, 1.165) is 19.6 Å². The fourth-order valence-corrected chi connectivity index (χ4v) is 4.06. The van der Waals surface area contributed by atoms with E-state index in [1.165, 1.54) is 0 Å². The summed E-state index contributed by atoms with van der Waals surface area (Å²) in [6, 6.07) is 0. The lowest BCUT2D eigenvalue weighted by Crippen LogP contribution is -2.51. The average molecular weight is 254 g/mol. The normalized spacial score (nSPS) is 43.2. The number of hydrogen-bond donors (Lipinski definition) is 0. The van der Waals surface area contributed by atoms with Crippen molar-refractivity contribution in [3.63, 3.8) is 0 Å². The summed E-state index contributed by atoms with van der Waals surface area (Å²) < 4.78 is 16.5. The average Bonchev–Trinajstić information content (AvgIpc) is 1.93. The van der Waals surface area contributed by atoms with Crippen LogP contribution in [-0.4, -0.2) is 51.8 Å². The number of rotatable bonds is 0. The molecule has 0 unspecified atom stereocenters. The zero-order chi connectivity index (χ0) is 8.44. The molecule has 3 aliphatic rings. The van der Waals surface area contributed by atoms with Gasteiger partial charge in [-0.15, -0.1) is 0 Å². The monoisotopic (exact) mass is 253 g/mol. The summed E-state index contributed by atoms with van der Waals surface area (Å²) in [6.07, 6.45) is 0. The Morgan fingerprint density at radius 2 is 1.33 bits per heavy atom. The highest BCUT2D eigenvalue weighted by atomic mass is 79.9. The quantitative estimate of drug-likeness (QED) is 0.456. The van der Waals surface area contributed by atoms with Crippen LogP contribution in [0, 0.1) is 0 Å². The standard InChI is InChI=1S/C6H12BrNO3Si/c7-12-9-4-1-8(2-5-10-12)3-6-11-12/h1-6H2. The van der Waals surface area contributed by atoms with Crippen molar-refractivity contribution in [2.75, 3.05) is 39.5 Å². The lowest BCUT2D eigenvalue weighted by atomic mass is 10.4. The second kappa shape index (κ2) is 3.73. The van der Waals surface area contributed by atoms with Gasteiger partial charge in [-0.05, 0) is 15.3 Å². The maximum atomic E-state index is 5.51. The van der Waals surface area contributed by atoms with E-state index in [2.05, 4.69) is 20.2 Å². The third kappa shape index (κ3) is 2.07. The first-order chi connectivity index (χ1) is 5.79. The molecule has 0 atom stereocenters. The summed E-state index contributed by atoms with van der Waals surface area (Å²) in [7, 11) is -2.40. The number of fused-ring (bicyclic) bond motifs is 6. The highest BCUT2D eigenvalue weighted by molar-refractivity contribution is 9.25. The molecule has 0 aromatic carbocycles. The lowest BCUT2D eigenvalue weighted by Gasteiger charge is -2.34. The molecule has 3 aliphatic heterocycles. The van der Waals surface area contributed by atoms with Crippen molar-refractivity contribution < 1.29 is 13.3 Å². The fourth-order valence-electron chi connectivity index (χ4n) is 1.35. The van der Waals surface area contributed by atoms with Gasteiger partial charge in [0, 0.05) is 19.6 Å². The van der Waals surface area contributed by atoms with Gasteiger partial charge < -0.3 is 13.3 Å². The number of hydrogen-bond acceptors (Lipinski definition) is 4. The van der Waals surface area contributed by atoms with Gasteiger partial charge in [-0.25, -0.2) is 0 Å². The molecule has 3 saturated heterocycles. The minimum Gasteiger partial charge on any atom is -0.364 e. The van der Waals surface area contributed by atoms with Crippen molar-refractivity contribution in [2.24, 2.45) is 0 Å². The van der Waals surface area contributed by atoms with Gasteiger partial charge in [0.05, 0.1) is 19.8 Å². The smallest absolute Gasteiger partial charge is 0.364 e. The maximum absolute atomic E-state index is 5.51. The molecular weight excluding hydrogens is 242 g/mol. The van der Waals surface area contributed by atoms with Crippen molar-refractivity contribution >= 4 is 22.7 Å². The topological polar surface area (TPSA) is 30.9 Å². The molecule has 2 bridgehead atoms. The first-order valence-electron chi connectivity index (χ1n) is 4.12. The van der Waals surface area contributed by atoms with E-state index < -0.39 is 7.42 Å². The molecule has 0 radical (unpaired) electrons. The summed E-state index contributed by atoms with van der Waals surface area (Å²) in [6.45, 7) is 5.10. The molecule has 0 aliphatic carbocycles. The Labute approximate surface area is 80.7 Å². The van der Waals surface area contributed by atoms with E-state index >= 15 is 0 Å². The SMILES string of the molecule is Br[Si]12OCCN(CCO1)CCO2. The third-order valence-corrected chi connectivity index (χ3v) is 5.75. The van der Waals surface area contributed by atoms with E-state index in [9.17, 15) is 0 Å². The Kier molecular flexibility index (Phi) is 2.83. The van der Waals surface area contributed by atoms with Crippen LogP contribution in [0.2, 0.25) is 0 Å². The highest BCUT2D eigenvalue weighted by Gasteiger charge is 2.41. The summed E-state index contributed by atoms with van der Waals surface area (Å²) in [5, 5.41) is 0. The Morgan fingerprint density at radius 3 is 1.75 bits per heavy atom. The molecule has 4 nitrogen and oxygen atoms in total. The van der Waals surface area contributed by atoms with Gasteiger partial charge in [-0.2, -0.15) is 0 Å². The van der Waals surface area contributed by atoms with Crippen molar-refractivity contribution in [2.45, 2.75) is 0 Å². The Bertz CT molecular complexity index is 144. The van der Waals surface area contributed by atoms with Gasteiger partial charge in [0.15, 0.2) is 0 Å². The van der Waals surface area contributed by atoms with Crippen LogP contribution in [0.4, 0.5) is 0 Å². The van der Waals surface area contributed by atoms with Crippen LogP contribution in [0.15, 0.2) is 0 Å². The lowest BCUT2D eigenvalue weighted by molar-refractivity contribution is 0.0101. The zero-order valence-corrected chi connectivity index (χ0v) is 9.38. The van der Waals surface area contributed by atoms with Crippen LogP contribution in [-0.2, 0) is 13.3 Å². The van der Waals surface area contributed by atoms with E-state index in [4.69, 9.17) is 13.3 Å². The molecule has 3 heterocycles. The predicted molar refractivity (Wildman–Crippen MR) is 49.0 cm³/mol. The maximum Gasteiger partial charge on any atom is 0.580 e. The van der Waals surface area contributed by atoms with Crippen molar-refractivity contribution in [1.29, 1.82) is 0 Å². The molecule has 6 heteroatoms. The van der Waals surface area contributed by atoms with Gasteiger partial charge in [-0.1, -0.05) is 0 Å². The van der Waals surface area contributed by atoms with Crippen LogP contribution >= 0.6 is 15.3 Å². The van der Waals surface area contributed by atoms with E-state index in [-0.39, 0.29) is 0 Å². The second-order valence-electron chi connectivity index (χ2n) is 2.87. The molecule has 0 saturated carbocycles. The van der Waals surface area contributed by atoms with Crippen LogP contribution in [0.3, 0.4) is 0 Å². The van der Waals surface area contributed by atoms with Crippen LogP contribution in [0.25, 0.3) is 0 Å². The van der Waals surface area contributed by atoms with Crippen molar-refractivity contribution in [3.05, 3.63) is 0 Å². The van der Waals surface area contributed by atoms with Crippen molar-refractivity contribution in [1.82, 2.24) is 4.90 Å². The summed E-state index contributed by atoms with van der Waals surface area (Å²) in [4.78, 5) is 2.29. The summed E-state index contributed by atoms with van der Waals surface area (Å²) in [5.41, 5.74) is 0. The fraction of sp³-hybridized carbons (Fsp3) is 1.00. The zero-order valence-electron chi connectivity index (χ0n) is 6.79. The minimum absolute atomic E-state index is 0.706. The van der Waals surface area contributed by atoms with E-state index in [1.54, 1.807) is 0 Å². The third-order valence-electron chi connectivity index (χ3n) is 2.05. The molecule has 12 heavy (non-hydrogen) atoms. The second-order valence-corrected chi connectivity index (χ2v) is 7.61. The molecular formula is C6H12BrNO3Si. The number of nitrogens with zero attached hydrogens (tertiary/aromatic N) is 1. The van der Waals surface area contributed by atoms with Gasteiger partial charge in [0.2, 0.25) is 0 Å². The van der Waals surface area contributed by atoms with E-state index in [1.807, 2.05) is 0 Å². The van der Waals surface area contributed by atoms with Crippen LogP contribution < -0.4 is 0 Å². The summed E-state index contributed by atoms with van der Waals surface area (Å²) in [5.74, 6) is 0. The molecule has 0 aromatic heterocycles. The van der Waals surface area contributed by atoms with E-state index in [0.29, 0.717) is 19.8 Å². The predicted octanol–water partition coefficient (Wildman–Crippen LogP) is 0.196. The Balaban J connectivity index is 2.06. The molecule has 0 amide bonds. The van der Waals surface area contributed by atoms with Gasteiger partial charge in [-0.3, -0.25) is 4.90 Å². The molecule has 0 spiro atoms. The highest BCUT2D eigenvalue weighted by Crippen LogP contribution is 2.21. The summed E-state index contributed by atoms with van der Waals surface area (Å²) >= 11 is 3.42. The van der Waals surface area contributed by atoms with Crippen LogP contribution in [0.5, 0.6) is 0 Å². The molecule has 0 N–H and O–H groups in total. The molecule has 70 valence electrons.